The largest absolute Gasteiger partial charge is 0.468 e. The Bertz CT molecular complexity index is 325. The van der Waals surface area contributed by atoms with Crippen LogP contribution in [-0.2, 0) is 13.1 Å². The second-order valence-electron chi connectivity index (χ2n) is 5.12. The third-order valence-corrected chi connectivity index (χ3v) is 3.38. The predicted molar refractivity (Wildman–Crippen MR) is 80.0 cm³/mol. The van der Waals surface area contributed by atoms with Crippen LogP contribution in [0.25, 0.3) is 0 Å². The Morgan fingerprint density at radius 1 is 1.44 bits per heavy atom. The van der Waals surface area contributed by atoms with Gasteiger partial charge in [0, 0.05) is 24.4 Å². The van der Waals surface area contributed by atoms with Crippen LogP contribution in [0.4, 0.5) is 0 Å². The average molecular weight is 270 g/mol. The predicted octanol–water partition coefficient (Wildman–Crippen LogP) is 2.82. The molecule has 0 bridgehead atoms. The molecule has 1 rings (SSSR count). The highest BCUT2D eigenvalue weighted by molar-refractivity contribution is 7.98. The minimum atomic E-state index is 0.674. The minimum absolute atomic E-state index is 0.674. The fraction of sp³-hybridized carbons (Fsp3) is 0.714. The van der Waals surface area contributed by atoms with Crippen molar-refractivity contribution in [3.63, 3.8) is 0 Å². The molecular weight excluding hydrogens is 244 g/mol. The summed E-state index contributed by atoms with van der Waals surface area (Å²) >= 11 is 1.89. The maximum absolute atomic E-state index is 5.56. The maximum atomic E-state index is 5.56. The lowest BCUT2D eigenvalue weighted by Crippen LogP contribution is -2.23. The second-order valence-corrected chi connectivity index (χ2v) is 6.11. The standard InChI is InChI=1S/C14H26N2OS/c1-12(2)9-15-10-14-13(5-7-17-14)11-16(3)6-8-18-4/h5,7,12,15H,6,8-11H2,1-4H3. The zero-order chi connectivity index (χ0) is 13.4. The van der Waals surface area contributed by atoms with Gasteiger partial charge in [-0.05, 0) is 31.8 Å². The molecule has 0 saturated carbocycles. The summed E-state index contributed by atoms with van der Waals surface area (Å²) in [5.74, 6) is 2.93. The van der Waals surface area contributed by atoms with E-state index in [1.807, 2.05) is 11.8 Å². The first-order valence-electron chi connectivity index (χ1n) is 6.57. The quantitative estimate of drug-likeness (QED) is 0.747. The van der Waals surface area contributed by atoms with Crippen molar-refractivity contribution in [2.45, 2.75) is 26.9 Å². The van der Waals surface area contributed by atoms with Crippen LogP contribution >= 0.6 is 11.8 Å². The molecule has 3 nitrogen and oxygen atoms in total. The van der Waals surface area contributed by atoms with E-state index < -0.39 is 0 Å². The highest BCUT2D eigenvalue weighted by atomic mass is 32.2. The third-order valence-electron chi connectivity index (χ3n) is 2.79. The molecule has 4 heteroatoms. The van der Waals surface area contributed by atoms with Crippen molar-refractivity contribution in [2.75, 3.05) is 32.1 Å². The van der Waals surface area contributed by atoms with E-state index >= 15 is 0 Å². The molecule has 0 aliphatic carbocycles. The SMILES string of the molecule is CSCCN(C)Cc1ccoc1CNCC(C)C. The number of hydrogen-bond donors (Lipinski definition) is 1. The first kappa shape index (κ1) is 15.6. The summed E-state index contributed by atoms with van der Waals surface area (Å²) in [4.78, 5) is 2.34. The Labute approximate surface area is 115 Å². The molecule has 0 aromatic carbocycles. The van der Waals surface area contributed by atoms with Crippen LogP contribution in [0.5, 0.6) is 0 Å². The Morgan fingerprint density at radius 3 is 2.89 bits per heavy atom. The van der Waals surface area contributed by atoms with E-state index in [9.17, 15) is 0 Å². The molecule has 1 aromatic rings. The van der Waals surface area contributed by atoms with E-state index in [4.69, 9.17) is 4.42 Å². The Kier molecular flexibility index (Phi) is 7.47. The summed E-state index contributed by atoms with van der Waals surface area (Å²) < 4.78 is 5.56. The van der Waals surface area contributed by atoms with Gasteiger partial charge in [0.2, 0.25) is 0 Å². The normalized spacial score (nSPS) is 11.7. The van der Waals surface area contributed by atoms with Gasteiger partial charge in [0.15, 0.2) is 0 Å². The highest BCUT2D eigenvalue weighted by Gasteiger charge is 2.08. The van der Waals surface area contributed by atoms with E-state index in [0.29, 0.717) is 5.92 Å². The molecule has 1 N–H and O–H groups in total. The molecule has 0 spiro atoms. The number of thioether (sulfide) groups is 1. The first-order valence-corrected chi connectivity index (χ1v) is 7.96. The van der Waals surface area contributed by atoms with Gasteiger partial charge in [-0.25, -0.2) is 0 Å². The zero-order valence-corrected chi connectivity index (χ0v) is 12.8. The van der Waals surface area contributed by atoms with Crippen molar-refractivity contribution >= 4 is 11.8 Å². The zero-order valence-electron chi connectivity index (χ0n) is 12.0. The van der Waals surface area contributed by atoms with Crippen LogP contribution in [0.3, 0.4) is 0 Å². The number of rotatable bonds is 9. The summed E-state index contributed by atoms with van der Waals surface area (Å²) in [5.41, 5.74) is 1.30. The fourth-order valence-corrected chi connectivity index (χ4v) is 2.25. The van der Waals surface area contributed by atoms with Crippen LogP contribution in [-0.4, -0.2) is 37.0 Å². The minimum Gasteiger partial charge on any atom is -0.468 e. The summed E-state index contributed by atoms with van der Waals surface area (Å²) in [6.07, 6.45) is 3.94. The van der Waals surface area contributed by atoms with Gasteiger partial charge in [0.05, 0.1) is 12.8 Å². The van der Waals surface area contributed by atoms with Crippen LogP contribution < -0.4 is 5.32 Å². The monoisotopic (exact) mass is 270 g/mol. The fourth-order valence-electron chi connectivity index (χ4n) is 1.75. The van der Waals surface area contributed by atoms with Gasteiger partial charge in [-0.3, -0.25) is 0 Å². The van der Waals surface area contributed by atoms with E-state index in [0.717, 1.165) is 31.9 Å². The third kappa shape index (κ3) is 5.94. The summed E-state index contributed by atoms with van der Waals surface area (Å²) in [5, 5.41) is 3.43. The second kappa shape index (κ2) is 8.62. The van der Waals surface area contributed by atoms with Gasteiger partial charge in [0.1, 0.15) is 5.76 Å². The van der Waals surface area contributed by atoms with Crippen LogP contribution in [0.15, 0.2) is 16.7 Å². The lowest BCUT2D eigenvalue weighted by molar-refractivity contribution is 0.342. The van der Waals surface area contributed by atoms with E-state index in [2.05, 4.69) is 43.4 Å². The molecule has 0 fully saturated rings. The molecular formula is C14H26N2OS. The molecule has 0 aliphatic heterocycles. The summed E-state index contributed by atoms with van der Waals surface area (Å²) in [7, 11) is 2.16. The van der Waals surface area contributed by atoms with E-state index in [1.165, 1.54) is 11.3 Å². The molecule has 18 heavy (non-hydrogen) atoms. The van der Waals surface area contributed by atoms with Crippen molar-refractivity contribution in [2.24, 2.45) is 5.92 Å². The van der Waals surface area contributed by atoms with Gasteiger partial charge in [-0.1, -0.05) is 13.8 Å². The Morgan fingerprint density at radius 2 is 2.22 bits per heavy atom. The maximum Gasteiger partial charge on any atom is 0.122 e. The van der Waals surface area contributed by atoms with Gasteiger partial charge in [-0.2, -0.15) is 11.8 Å². The molecule has 1 aromatic heterocycles. The van der Waals surface area contributed by atoms with Crippen LogP contribution in [0, 0.1) is 5.92 Å². The summed E-state index contributed by atoms with van der Waals surface area (Å²) in [6.45, 7) is 8.37. The van der Waals surface area contributed by atoms with Crippen molar-refractivity contribution in [1.29, 1.82) is 0 Å². The average Bonchev–Trinajstić information content (AvgIpc) is 2.73. The summed E-state index contributed by atoms with van der Waals surface area (Å²) in [6, 6.07) is 2.09. The lowest BCUT2D eigenvalue weighted by Gasteiger charge is -2.16. The van der Waals surface area contributed by atoms with Gasteiger partial charge >= 0.3 is 0 Å². The molecule has 0 aliphatic rings. The molecule has 0 amide bonds. The first-order chi connectivity index (χ1) is 8.63. The topological polar surface area (TPSA) is 28.4 Å². The van der Waals surface area contributed by atoms with Crippen molar-refractivity contribution in [3.8, 4) is 0 Å². The van der Waals surface area contributed by atoms with Gasteiger partial charge < -0.3 is 14.6 Å². The van der Waals surface area contributed by atoms with Crippen molar-refractivity contribution in [1.82, 2.24) is 10.2 Å². The molecule has 104 valence electrons. The molecule has 1 heterocycles. The number of nitrogens with one attached hydrogen (secondary N) is 1. The van der Waals surface area contributed by atoms with E-state index in [1.54, 1.807) is 6.26 Å². The molecule has 0 saturated heterocycles. The number of hydrogen-bond acceptors (Lipinski definition) is 4. The van der Waals surface area contributed by atoms with Crippen molar-refractivity contribution < 1.29 is 4.42 Å². The molecule has 0 atom stereocenters. The van der Waals surface area contributed by atoms with Crippen LogP contribution in [0.1, 0.15) is 25.2 Å². The lowest BCUT2D eigenvalue weighted by atomic mass is 10.2. The van der Waals surface area contributed by atoms with E-state index in [-0.39, 0.29) is 0 Å². The Hall–Kier alpha value is -0.450. The molecule has 0 unspecified atom stereocenters. The smallest absolute Gasteiger partial charge is 0.122 e. The molecule has 0 radical (unpaired) electrons. The number of nitrogens with zero attached hydrogens (tertiary/aromatic N) is 1. The van der Waals surface area contributed by atoms with Gasteiger partial charge in [0.25, 0.3) is 0 Å². The van der Waals surface area contributed by atoms with Crippen LogP contribution in [0.2, 0.25) is 0 Å². The number of furan rings is 1. The Balaban J connectivity index is 2.39. The van der Waals surface area contributed by atoms with Gasteiger partial charge in [-0.15, -0.1) is 0 Å². The highest BCUT2D eigenvalue weighted by Crippen LogP contribution is 2.13. The van der Waals surface area contributed by atoms with Crippen molar-refractivity contribution in [3.05, 3.63) is 23.7 Å².